The number of hydrogen-bond donors (Lipinski definition) is 1. The molecule has 1 aliphatic rings. The van der Waals surface area contributed by atoms with Crippen LogP contribution in [0.2, 0.25) is 0 Å². The minimum Gasteiger partial charge on any atom is -0.325 e. The van der Waals surface area contributed by atoms with Gasteiger partial charge in [-0.2, -0.15) is 0 Å². The lowest BCUT2D eigenvalue weighted by Crippen LogP contribution is -2.31. The number of pyridine rings is 1. The Labute approximate surface area is 106 Å². The molecule has 0 bridgehead atoms. The first-order chi connectivity index (χ1) is 8.79. The first-order valence-electron chi connectivity index (χ1n) is 6.17. The van der Waals surface area contributed by atoms with Crippen LogP contribution in [-0.2, 0) is 19.6 Å². The highest BCUT2D eigenvalue weighted by Crippen LogP contribution is 2.25. The van der Waals surface area contributed by atoms with E-state index >= 15 is 0 Å². The van der Waals surface area contributed by atoms with Crippen LogP contribution in [0.15, 0.2) is 24.5 Å². The van der Waals surface area contributed by atoms with E-state index in [4.69, 9.17) is 10.7 Å². The summed E-state index contributed by atoms with van der Waals surface area (Å²) in [6.07, 6.45) is 3.60. The third-order valence-corrected chi connectivity index (χ3v) is 3.41. The minimum absolute atomic E-state index is 0.494. The molecule has 1 aliphatic heterocycles. The van der Waals surface area contributed by atoms with E-state index in [0.717, 1.165) is 36.7 Å². The summed E-state index contributed by atoms with van der Waals surface area (Å²) in [6.45, 7) is 3.43. The first-order valence-corrected chi connectivity index (χ1v) is 6.17. The SMILES string of the molecule is CN1CCn2c(-c3ccncc3)nc(CN)c2C1. The lowest BCUT2D eigenvalue weighted by molar-refractivity contribution is 0.270. The van der Waals surface area contributed by atoms with Gasteiger partial charge >= 0.3 is 0 Å². The molecule has 0 amide bonds. The molecular weight excluding hydrogens is 226 g/mol. The molecule has 5 heteroatoms. The molecule has 0 unspecified atom stereocenters. The molecule has 0 saturated carbocycles. The summed E-state index contributed by atoms with van der Waals surface area (Å²) in [6, 6.07) is 3.99. The third-order valence-electron chi connectivity index (χ3n) is 3.41. The van der Waals surface area contributed by atoms with Crippen molar-refractivity contribution in [2.75, 3.05) is 13.6 Å². The smallest absolute Gasteiger partial charge is 0.140 e. The number of imidazole rings is 1. The lowest BCUT2D eigenvalue weighted by atomic mass is 10.2. The average Bonchev–Trinajstić information content (AvgIpc) is 2.77. The Bertz CT molecular complexity index is 546. The van der Waals surface area contributed by atoms with Gasteiger partial charge in [0.2, 0.25) is 0 Å². The van der Waals surface area contributed by atoms with Crippen molar-refractivity contribution < 1.29 is 0 Å². The van der Waals surface area contributed by atoms with Crippen LogP contribution in [-0.4, -0.2) is 33.0 Å². The van der Waals surface area contributed by atoms with Gasteiger partial charge in [-0.1, -0.05) is 0 Å². The number of rotatable bonds is 2. The number of likely N-dealkylation sites (N-methyl/N-ethyl adjacent to an activating group) is 1. The van der Waals surface area contributed by atoms with Crippen LogP contribution >= 0.6 is 0 Å². The molecule has 0 atom stereocenters. The molecule has 0 spiro atoms. The Kier molecular flexibility index (Phi) is 2.85. The molecule has 0 saturated heterocycles. The Hall–Kier alpha value is -1.72. The molecule has 3 rings (SSSR count). The Morgan fingerprint density at radius 1 is 1.28 bits per heavy atom. The zero-order chi connectivity index (χ0) is 12.5. The normalized spacial score (nSPS) is 15.7. The molecular formula is C13H17N5. The summed E-state index contributed by atoms with van der Waals surface area (Å²) in [7, 11) is 2.13. The monoisotopic (exact) mass is 243 g/mol. The van der Waals surface area contributed by atoms with E-state index in [1.165, 1.54) is 5.69 Å². The lowest BCUT2D eigenvalue weighted by Gasteiger charge is -2.25. The maximum absolute atomic E-state index is 5.80. The standard InChI is InChI=1S/C13H17N5/c1-17-6-7-18-12(9-17)11(8-14)16-13(18)10-2-4-15-5-3-10/h2-5H,6-9,14H2,1H3. The largest absolute Gasteiger partial charge is 0.325 e. The van der Waals surface area contributed by atoms with Crippen LogP contribution < -0.4 is 5.73 Å². The zero-order valence-corrected chi connectivity index (χ0v) is 10.5. The molecule has 18 heavy (non-hydrogen) atoms. The van der Waals surface area contributed by atoms with Gasteiger partial charge in [0, 0.05) is 44.1 Å². The predicted octanol–water partition coefficient (Wildman–Crippen LogP) is 0.849. The van der Waals surface area contributed by atoms with Crippen molar-refractivity contribution in [3.05, 3.63) is 35.9 Å². The number of fused-ring (bicyclic) bond motifs is 1. The van der Waals surface area contributed by atoms with Crippen molar-refractivity contribution >= 4 is 0 Å². The van der Waals surface area contributed by atoms with Crippen LogP contribution in [0.1, 0.15) is 11.4 Å². The second kappa shape index (κ2) is 4.51. The molecule has 94 valence electrons. The van der Waals surface area contributed by atoms with Crippen LogP contribution in [0, 0.1) is 0 Å². The number of aromatic nitrogens is 3. The maximum Gasteiger partial charge on any atom is 0.140 e. The van der Waals surface area contributed by atoms with Crippen LogP contribution in [0.4, 0.5) is 0 Å². The van der Waals surface area contributed by atoms with Gasteiger partial charge in [-0.25, -0.2) is 4.98 Å². The average molecular weight is 243 g/mol. The number of nitrogens with two attached hydrogens (primary N) is 1. The van der Waals surface area contributed by atoms with Crippen molar-refractivity contribution in [3.63, 3.8) is 0 Å². The Morgan fingerprint density at radius 3 is 2.78 bits per heavy atom. The summed E-state index contributed by atoms with van der Waals surface area (Å²) in [4.78, 5) is 11.0. The van der Waals surface area contributed by atoms with E-state index in [0.29, 0.717) is 6.54 Å². The third kappa shape index (κ3) is 1.81. The van der Waals surface area contributed by atoms with E-state index in [1.807, 2.05) is 12.1 Å². The molecule has 2 aromatic rings. The van der Waals surface area contributed by atoms with E-state index in [1.54, 1.807) is 12.4 Å². The van der Waals surface area contributed by atoms with E-state index in [2.05, 4.69) is 21.5 Å². The molecule has 2 aromatic heterocycles. The van der Waals surface area contributed by atoms with Crippen molar-refractivity contribution in [1.29, 1.82) is 0 Å². The van der Waals surface area contributed by atoms with Gasteiger partial charge < -0.3 is 10.3 Å². The number of nitrogens with zero attached hydrogens (tertiary/aromatic N) is 4. The molecule has 2 N–H and O–H groups in total. The molecule has 3 heterocycles. The second-order valence-corrected chi connectivity index (χ2v) is 4.66. The van der Waals surface area contributed by atoms with Gasteiger partial charge in [0.15, 0.2) is 0 Å². The summed E-state index contributed by atoms with van der Waals surface area (Å²) in [5.41, 5.74) is 9.17. The van der Waals surface area contributed by atoms with E-state index in [-0.39, 0.29) is 0 Å². The van der Waals surface area contributed by atoms with Crippen molar-refractivity contribution in [1.82, 2.24) is 19.4 Å². The van der Waals surface area contributed by atoms with Crippen LogP contribution in [0.5, 0.6) is 0 Å². The van der Waals surface area contributed by atoms with E-state index in [9.17, 15) is 0 Å². The topological polar surface area (TPSA) is 60.0 Å². The molecule has 0 fully saturated rings. The highest BCUT2D eigenvalue weighted by atomic mass is 15.2. The number of hydrogen-bond acceptors (Lipinski definition) is 4. The van der Waals surface area contributed by atoms with Gasteiger partial charge in [0.1, 0.15) is 5.82 Å². The predicted molar refractivity (Wildman–Crippen MR) is 69.7 cm³/mol. The van der Waals surface area contributed by atoms with Gasteiger partial charge in [0.05, 0.1) is 11.4 Å². The molecule has 0 aromatic carbocycles. The van der Waals surface area contributed by atoms with Gasteiger partial charge in [0.25, 0.3) is 0 Å². The quantitative estimate of drug-likeness (QED) is 0.849. The summed E-state index contributed by atoms with van der Waals surface area (Å²) in [5, 5.41) is 0. The molecule has 5 nitrogen and oxygen atoms in total. The fraction of sp³-hybridized carbons (Fsp3) is 0.385. The zero-order valence-electron chi connectivity index (χ0n) is 10.5. The minimum atomic E-state index is 0.494. The highest BCUT2D eigenvalue weighted by molar-refractivity contribution is 5.56. The van der Waals surface area contributed by atoms with Crippen LogP contribution in [0.3, 0.4) is 0 Å². The highest BCUT2D eigenvalue weighted by Gasteiger charge is 2.22. The maximum atomic E-state index is 5.80. The van der Waals surface area contributed by atoms with E-state index < -0.39 is 0 Å². The molecule has 0 radical (unpaired) electrons. The Morgan fingerprint density at radius 2 is 2.06 bits per heavy atom. The Balaban J connectivity index is 2.12. The van der Waals surface area contributed by atoms with Gasteiger partial charge in [-0.15, -0.1) is 0 Å². The summed E-state index contributed by atoms with van der Waals surface area (Å²) in [5.74, 6) is 1.01. The van der Waals surface area contributed by atoms with Crippen LogP contribution in [0.25, 0.3) is 11.4 Å². The van der Waals surface area contributed by atoms with Crippen molar-refractivity contribution in [2.24, 2.45) is 5.73 Å². The van der Waals surface area contributed by atoms with Crippen molar-refractivity contribution in [3.8, 4) is 11.4 Å². The van der Waals surface area contributed by atoms with Crippen molar-refractivity contribution in [2.45, 2.75) is 19.6 Å². The summed E-state index contributed by atoms with van der Waals surface area (Å²) < 4.78 is 2.29. The molecule has 0 aliphatic carbocycles. The second-order valence-electron chi connectivity index (χ2n) is 4.66. The first kappa shape index (κ1) is 11.4. The fourth-order valence-corrected chi connectivity index (χ4v) is 2.44. The van der Waals surface area contributed by atoms with Gasteiger partial charge in [-0.05, 0) is 19.2 Å². The summed E-state index contributed by atoms with van der Waals surface area (Å²) >= 11 is 0. The fourth-order valence-electron chi connectivity index (χ4n) is 2.44. The van der Waals surface area contributed by atoms with Gasteiger partial charge in [-0.3, -0.25) is 9.88 Å².